The van der Waals surface area contributed by atoms with E-state index in [0.29, 0.717) is 0 Å². The number of thiazole rings is 1. The zero-order valence-electron chi connectivity index (χ0n) is 13.9. The molecule has 1 N–H and O–H groups in total. The standard InChI is InChI=1S/C17H20N4OS2/c1-4-11(2)21-15(9-10-18-21)20-16(22)12(3)23-17-19-13-7-5-6-8-14(13)24-17/h5-12H,4H2,1-3H3,(H,20,22)/t11-,12-/m1/s1. The van der Waals surface area contributed by atoms with Gasteiger partial charge in [0.15, 0.2) is 4.34 Å². The minimum Gasteiger partial charge on any atom is -0.310 e. The first-order valence-electron chi connectivity index (χ1n) is 7.95. The second-order valence-corrected chi connectivity index (χ2v) is 8.23. The zero-order chi connectivity index (χ0) is 17.1. The monoisotopic (exact) mass is 360 g/mol. The molecule has 0 radical (unpaired) electrons. The third-order valence-corrected chi connectivity index (χ3v) is 6.08. The number of aromatic nitrogens is 3. The molecule has 2 atom stereocenters. The molecule has 2 aromatic heterocycles. The predicted octanol–water partition coefficient (Wildman–Crippen LogP) is 4.58. The molecule has 0 spiro atoms. The molecule has 0 unspecified atom stereocenters. The number of carbonyl (C=O) groups excluding carboxylic acids is 1. The molecular formula is C17H20N4OS2. The number of benzene rings is 1. The van der Waals surface area contributed by atoms with Crippen molar-refractivity contribution in [2.75, 3.05) is 5.32 Å². The number of nitrogens with zero attached hydrogens (tertiary/aromatic N) is 3. The van der Waals surface area contributed by atoms with Crippen molar-refractivity contribution in [3.63, 3.8) is 0 Å². The highest BCUT2D eigenvalue weighted by molar-refractivity contribution is 8.02. The highest BCUT2D eigenvalue weighted by Crippen LogP contribution is 2.32. The molecule has 0 saturated heterocycles. The second-order valence-electron chi connectivity index (χ2n) is 5.62. The van der Waals surface area contributed by atoms with E-state index in [1.54, 1.807) is 17.5 Å². The lowest BCUT2D eigenvalue weighted by Crippen LogP contribution is -2.24. The van der Waals surface area contributed by atoms with Gasteiger partial charge < -0.3 is 5.32 Å². The Morgan fingerprint density at radius 3 is 2.88 bits per heavy atom. The van der Waals surface area contributed by atoms with Gasteiger partial charge in [-0.2, -0.15) is 5.10 Å². The van der Waals surface area contributed by atoms with Gasteiger partial charge in [-0.3, -0.25) is 4.79 Å². The number of hydrogen-bond donors (Lipinski definition) is 1. The van der Waals surface area contributed by atoms with E-state index in [9.17, 15) is 4.79 Å². The highest BCUT2D eigenvalue weighted by atomic mass is 32.2. The summed E-state index contributed by atoms with van der Waals surface area (Å²) in [4.78, 5) is 17.1. The molecule has 0 aliphatic carbocycles. The smallest absolute Gasteiger partial charge is 0.238 e. The van der Waals surface area contributed by atoms with Crippen molar-refractivity contribution in [1.29, 1.82) is 0 Å². The Bertz CT molecular complexity index is 809. The lowest BCUT2D eigenvalue weighted by Gasteiger charge is -2.15. The van der Waals surface area contributed by atoms with E-state index in [1.807, 2.05) is 41.9 Å². The highest BCUT2D eigenvalue weighted by Gasteiger charge is 2.19. The summed E-state index contributed by atoms with van der Waals surface area (Å²) in [5, 5.41) is 7.04. The van der Waals surface area contributed by atoms with Crippen LogP contribution >= 0.6 is 23.1 Å². The minimum absolute atomic E-state index is 0.0377. The van der Waals surface area contributed by atoms with Gasteiger partial charge in [-0.1, -0.05) is 30.8 Å². The number of thioether (sulfide) groups is 1. The summed E-state index contributed by atoms with van der Waals surface area (Å²) in [5.74, 6) is 0.704. The van der Waals surface area contributed by atoms with Crippen LogP contribution in [-0.4, -0.2) is 25.9 Å². The van der Waals surface area contributed by atoms with Gasteiger partial charge in [0.05, 0.1) is 27.7 Å². The van der Waals surface area contributed by atoms with Gasteiger partial charge in [0.25, 0.3) is 0 Å². The van der Waals surface area contributed by atoms with Gasteiger partial charge in [0, 0.05) is 6.07 Å². The third kappa shape index (κ3) is 3.62. The average Bonchev–Trinajstić information content (AvgIpc) is 3.19. The Morgan fingerprint density at radius 2 is 2.12 bits per heavy atom. The number of carbonyl (C=O) groups is 1. The van der Waals surface area contributed by atoms with E-state index in [2.05, 4.69) is 29.2 Å². The molecule has 0 aliphatic heterocycles. The van der Waals surface area contributed by atoms with Crippen LogP contribution in [0.1, 0.15) is 33.2 Å². The molecule has 0 fully saturated rings. The van der Waals surface area contributed by atoms with Gasteiger partial charge in [0.1, 0.15) is 5.82 Å². The maximum atomic E-state index is 12.5. The molecular weight excluding hydrogens is 340 g/mol. The van der Waals surface area contributed by atoms with Crippen LogP contribution in [0.15, 0.2) is 40.9 Å². The molecule has 0 saturated carbocycles. The van der Waals surface area contributed by atoms with E-state index < -0.39 is 0 Å². The van der Waals surface area contributed by atoms with Crippen LogP contribution < -0.4 is 5.32 Å². The normalized spacial score (nSPS) is 13.8. The molecule has 2 heterocycles. The Hall–Kier alpha value is -1.86. The van der Waals surface area contributed by atoms with Gasteiger partial charge in [-0.05, 0) is 32.4 Å². The summed E-state index contributed by atoms with van der Waals surface area (Å²) < 4.78 is 3.91. The van der Waals surface area contributed by atoms with E-state index in [1.165, 1.54) is 11.8 Å². The molecule has 3 aromatic rings. The number of nitrogens with one attached hydrogen (secondary N) is 1. The summed E-state index contributed by atoms with van der Waals surface area (Å²) in [6.45, 7) is 6.08. The second kappa shape index (κ2) is 7.36. The van der Waals surface area contributed by atoms with E-state index in [4.69, 9.17) is 0 Å². The zero-order valence-corrected chi connectivity index (χ0v) is 15.5. The first kappa shape index (κ1) is 17.0. The fraction of sp³-hybridized carbons (Fsp3) is 0.353. The number of anilines is 1. The third-order valence-electron chi connectivity index (χ3n) is 3.85. The van der Waals surface area contributed by atoms with Crippen molar-refractivity contribution >= 4 is 45.0 Å². The lowest BCUT2D eigenvalue weighted by molar-refractivity contribution is -0.115. The Morgan fingerprint density at radius 1 is 1.33 bits per heavy atom. The van der Waals surface area contributed by atoms with Crippen LogP contribution in [0, 0.1) is 0 Å². The van der Waals surface area contributed by atoms with E-state index in [0.717, 1.165) is 26.8 Å². The fourth-order valence-electron chi connectivity index (χ4n) is 2.27. The number of hydrogen-bond acceptors (Lipinski definition) is 5. The number of para-hydroxylation sites is 1. The summed E-state index contributed by atoms with van der Waals surface area (Å²) in [7, 11) is 0. The van der Waals surface area contributed by atoms with E-state index in [-0.39, 0.29) is 17.2 Å². The van der Waals surface area contributed by atoms with Crippen LogP contribution in [-0.2, 0) is 4.79 Å². The van der Waals surface area contributed by atoms with Crippen LogP contribution in [0.3, 0.4) is 0 Å². The van der Waals surface area contributed by atoms with Gasteiger partial charge in [-0.15, -0.1) is 11.3 Å². The molecule has 0 bridgehead atoms. The van der Waals surface area contributed by atoms with Gasteiger partial charge >= 0.3 is 0 Å². The largest absolute Gasteiger partial charge is 0.310 e. The van der Waals surface area contributed by atoms with Crippen LogP contribution in [0.25, 0.3) is 10.2 Å². The van der Waals surface area contributed by atoms with Gasteiger partial charge in [-0.25, -0.2) is 9.67 Å². The van der Waals surface area contributed by atoms with Crippen molar-refractivity contribution < 1.29 is 4.79 Å². The molecule has 126 valence electrons. The van der Waals surface area contributed by atoms with Crippen molar-refractivity contribution in [3.05, 3.63) is 36.5 Å². The summed E-state index contributed by atoms with van der Waals surface area (Å²) in [6, 6.07) is 10.1. The molecule has 7 heteroatoms. The molecule has 3 rings (SSSR count). The number of rotatable bonds is 6. The molecule has 1 amide bonds. The Labute approximate surface area is 149 Å². The lowest BCUT2D eigenvalue weighted by atomic mass is 10.3. The van der Waals surface area contributed by atoms with Crippen LogP contribution in [0.5, 0.6) is 0 Å². The summed E-state index contributed by atoms with van der Waals surface area (Å²) >= 11 is 3.10. The van der Waals surface area contributed by atoms with Crippen molar-refractivity contribution in [2.45, 2.75) is 42.8 Å². The molecule has 0 aliphatic rings. The first-order valence-corrected chi connectivity index (χ1v) is 9.64. The Balaban J connectivity index is 1.67. The SMILES string of the molecule is CC[C@@H](C)n1nccc1NC(=O)[C@@H](C)Sc1nc2ccccc2s1. The maximum absolute atomic E-state index is 12.5. The summed E-state index contributed by atoms with van der Waals surface area (Å²) in [5.41, 5.74) is 0.979. The molecule has 24 heavy (non-hydrogen) atoms. The Kier molecular flexibility index (Phi) is 5.20. The molecule has 1 aromatic carbocycles. The minimum atomic E-state index is -0.231. The first-order chi connectivity index (χ1) is 11.6. The van der Waals surface area contributed by atoms with Crippen molar-refractivity contribution in [3.8, 4) is 0 Å². The van der Waals surface area contributed by atoms with E-state index >= 15 is 0 Å². The average molecular weight is 361 g/mol. The quantitative estimate of drug-likeness (QED) is 0.654. The molecule has 5 nitrogen and oxygen atoms in total. The number of amides is 1. The predicted molar refractivity (Wildman–Crippen MR) is 101 cm³/mol. The van der Waals surface area contributed by atoms with Crippen LogP contribution in [0.2, 0.25) is 0 Å². The fourth-order valence-corrected chi connectivity index (χ4v) is 4.48. The van der Waals surface area contributed by atoms with Crippen molar-refractivity contribution in [1.82, 2.24) is 14.8 Å². The maximum Gasteiger partial charge on any atom is 0.238 e. The topological polar surface area (TPSA) is 59.8 Å². The van der Waals surface area contributed by atoms with Crippen LogP contribution in [0.4, 0.5) is 5.82 Å². The number of fused-ring (bicyclic) bond motifs is 1. The summed E-state index contributed by atoms with van der Waals surface area (Å²) in [6.07, 6.45) is 2.67. The van der Waals surface area contributed by atoms with Gasteiger partial charge in [0.2, 0.25) is 5.91 Å². The van der Waals surface area contributed by atoms with Crippen molar-refractivity contribution in [2.24, 2.45) is 0 Å².